The molecule has 2 atom stereocenters. The van der Waals surface area contributed by atoms with E-state index in [1.165, 1.54) is 0 Å². The molecule has 0 aromatic carbocycles. The molecule has 1 N–H and O–H groups in total. The van der Waals surface area contributed by atoms with Crippen LogP contribution in [0, 0.1) is 5.92 Å². The SMILES string of the molecule is CC1CC(C(=O)O)CCN1C(=O)N(C)Cc1nccn1C. The molecular weight excluding hydrogens is 272 g/mol. The number of aromatic nitrogens is 2. The average molecular weight is 294 g/mol. The van der Waals surface area contributed by atoms with Crippen LogP contribution in [0.2, 0.25) is 0 Å². The van der Waals surface area contributed by atoms with Crippen LogP contribution in [-0.4, -0.2) is 56.1 Å². The summed E-state index contributed by atoms with van der Waals surface area (Å²) in [5.41, 5.74) is 0. The van der Waals surface area contributed by atoms with E-state index in [0.29, 0.717) is 25.9 Å². The molecule has 0 aliphatic carbocycles. The zero-order valence-electron chi connectivity index (χ0n) is 12.7. The molecule has 0 bridgehead atoms. The second kappa shape index (κ2) is 6.15. The molecule has 2 unspecified atom stereocenters. The standard InChI is InChI=1S/C14H22N4O3/c1-10-8-11(13(19)20)4-6-18(10)14(21)17(3)9-12-15-5-7-16(12)2/h5,7,10-11H,4,6,8-9H2,1-3H3,(H,19,20). The van der Waals surface area contributed by atoms with Crippen LogP contribution in [0.5, 0.6) is 0 Å². The lowest BCUT2D eigenvalue weighted by molar-refractivity contribution is -0.143. The molecule has 7 heteroatoms. The van der Waals surface area contributed by atoms with Gasteiger partial charge in [0, 0.05) is 39.1 Å². The lowest BCUT2D eigenvalue weighted by Gasteiger charge is -2.38. The number of carbonyl (C=O) groups is 2. The number of rotatable bonds is 3. The first-order chi connectivity index (χ1) is 9.90. The Morgan fingerprint density at radius 1 is 1.52 bits per heavy atom. The lowest BCUT2D eigenvalue weighted by Crippen LogP contribution is -2.50. The van der Waals surface area contributed by atoms with Gasteiger partial charge in [-0.05, 0) is 19.8 Å². The van der Waals surface area contributed by atoms with Gasteiger partial charge in [0.1, 0.15) is 5.82 Å². The van der Waals surface area contributed by atoms with Gasteiger partial charge in [-0.3, -0.25) is 4.79 Å². The van der Waals surface area contributed by atoms with Crippen molar-refractivity contribution in [3.63, 3.8) is 0 Å². The maximum atomic E-state index is 12.5. The quantitative estimate of drug-likeness (QED) is 0.907. The van der Waals surface area contributed by atoms with Crippen molar-refractivity contribution < 1.29 is 14.7 Å². The van der Waals surface area contributed by atoms with Crippen molar-refractivity contribution in [2.24, 2.45) is 13.0 Å². The fourth-order valence-electron chi connectivity index (χ4n) is 2.73. The zero-order chi connectivity index (χ0) is 15.6. The molecule has 21 heavy (non-hydrogen) atoms. The number of hydrogen-bond acceptors (Lipinski definition) is 3. The first kappa shape index (κ1) is 15.3. The molecular formula is C14H22N4O3. The third-order valence-electron chi connectivity index (χ3n) is 4.10. The molecule has 1 fully saturated rings. The molecule has 7 nitrogen and oxygen atoms in total. The van der Waals surface area contributed by atoms with Crippen LogP contribution in [0.3, 0.4) is 0 Å². The number of carboxylic acids is 1. The van der Waals surface area contributed by atoms with Crippen LogP contribution in [0.4, 0.5) is 4.79 Å². The molecule has 1 aliphatic heterocycles. The normalized spacial score (nSPS) is 22.1. The molecule has 1 aliphatic rings. The van der Waals surface area contributed by atoms with Gasteiger partial charge in [0.05, 0.1) is 12.5 Å². The summed E-state index contributed by atoms with van der Waals surface area (Å²) in [6.07, 6.45) is 4.57. The Bertz CT molecular complexity index is 528. The van der Waals surface area contributed by atoms with Crippen LogP contribution in [-0.2, 0) is 18.4 Å². The molecule has 1 aromatic heterocycles. The third-order valence-corrected chi connectivity index (χ3v) is 4.10. The van der Waals surface area contributed by atoms with Gasteiger partial charge in [-0.15, -0.1) is 0 Å². The van der Waals surface area contributed by atoms with E-state index in [0.717, 1.165) is 5.82 Å². The van der Waals surface area contributed by atoms with E-state index in [1.807, 2.05) is 24.7 Å². The minimum atomic E-state index is -0.768. The van der Waals surface area contributed by atoms with Gasteiger partial charge in [-0.25, -0.2) is 9.78 Å². The fraction of sp³-hybridized carbons (Fsp3) is 0.643. The van der Waals surface area contributed by atoms with Crippen LogP contribution in [0.25, 0.3) is 0 Å². The first-order valence-electron chi connectivity index (χ1n) is 7.11. The van der Waals surface area contributed by atoms with Crippen LogP contribution in [0.15, 0.2) is 12.4 Å². The second-order valence-electron chi connectivity index (χ2n) is 5.69. The summed E-state index contributed by atoms with van der Waals surface area (Å²) in [5.74, 6) is -0.293. The Balaban J connectivity index is 1.97. The fourth-order valence-corrected chi connectivity index (χ4v) is 2.73. The van der Waals surface area contributed by atoms with Gasteiger partial charge >= 0.3 is 12.0 Å². The molecule has 0 radical (unpaired) electrons. The number of hydrogen-bond donors (Lipinski definition) is 1. The highest BCUT2D eigenvalue weighted by molar-refractivity contribution is 5.75. The predicted octanol–water partition coefficient (Wildman–Crippen LogP) is 1.16. The van der Waals surface area contributed by atoms with Crippen molar-refractivity contribution in [1.82, 2.24) is 19.4 Å². The Labute approximate surface area is 124 Å². The molecule has 0 spiro atoms. The Morgan fingerprint density at radius 2 is 2.24 bits per heavy atom. The molecule has 1 saturated heterocycles. The van der Waals surface area contributed by atoms with Crippen molar-refractivity contribution in [3.05, 3.63) is 18.2 Å². The molecule has 2 amide bonds. The minimum absolute atomic E-state index is 0.0591. The number of likely N-dealkylation sites (tertiary alicyclic amines) is 1. The summed E-state index contributed by atoms with van der Waals surface area (Å²) in [7, 11) is 3.63. The number of piperidine rings is 1. The van der Waals surface area contributed by atoms with E-state index in [1.54, 1.807) is 23.0 Å². The zero-order valence-corrected chi connectivity index (χ0v) is 12.7. The molecule has 0 saturated carbocycles. The van der Waals surface area contributed by atoms with Crippen molar-refractivity contribution in [2.75, 3.05) is 13.6 Å². The predicted molar refractivity (Wildman–Crippen MR) is 76.6 cm³/mol. The summed E-state index contributed by atoms with van der Waals surface area (Å²) in [6, 6.07) is -0.134. The summed E-state index contributed by atoms with van der Waals surface area (Å²) in [5, 5.41) is 9.07. The molecule has 2 heterocycles. The second-order valence-corrected chi connectivity index (χ2v) is 5.69. The van der Waals surface area contributed by atoms with Crippen molar-refractivity contribution in [2.45, 2.75) is 32.4 Å². The first-order valence-corrected chi connectivity index (χ1v) is 7.11. The van der Waals surface area contributed by atoms with Gasteiger partial charge in [-0.1, -0.05) is 0 Å². The summed E-state index contributed by atoms with van der Waals surface area (Å²) in [6.45, 7) is 2.83. The van der Waals surface area contributed by atoms with Crippen molar-refractivity contribution in [3.8, 4) is 0 Å². The maximum Gasteiger partial charge on any atom is 0.320 e. The smallest absolute Gasteiger partial charge is 0.320 e. The Kier molecular flexibility index (Phi) is 4.50. The summed E-state index contributed by atoms with van der Waals surface area (Å²) in [4.78, 5) is 31.1. The van der Waals surface area contributed by atoms with Gasteiger partial charge in [-0.2, -0.15) is 0 Å². The van der Waals surface area contributed by atoms with Crippen LogP contribution in [0.1, 0.15) is 25.6 Å². The highest BCUT2D eigenvalue weighted by Crippen LogP contribution is 2.24. The summed E-state index contributed by atoms with van der Waals surface area (Å²) >= 11 is 0. The lowest BCUT2D eigenvalue weighted by atomic mass is 9.92. The number of nitrogens with zero attached hydrogens (tertiary/aromatic N) is 4. The highest BCUT2D eigenvalue weighted by atomic mass is 16.4. The number of carbonyl (C=O) groups excluding carboxylic acids is 1. The number of urea groups is 1. The van der Waals surface area contributed by atoms with Gasteiger partial charge in [0.25, 0.3) is 0 Å². The van der Waals surface area contributed by atoms with Crippen LogP contribution >= 0.6 is 0 Å². The maximum absolute atomic E-state index is 12.5. The number of aliphatic carboxylic acids is 1. The number of carboxylic acid groups (broad SMARTS) is 1. The van der Waals surface area contributed by atoms with E-state index in [9.17, 15) is 9.59 Å². The molecule has 2 rings (SSSR count). The topological polar surface area (TPSA) is 78.7 Å². The Morgan fingerprint density at radius 3 is 2.76 bits per heavy atom. The monoisotopic (exact) mass is 294 g/mol. The van der Waals surface area contributed by atoms with Crippen LogP contribution < -0.4 is 0 Å². The van der Waals surface area contributed by atoms with Crippen molar-refractivity contribution >= 4 is 12.0 Å². The van der Waals surface area contributed by atoms with E-state index >= 15 is 0 Å². The van der Waals surface area contributed by atoms with E-state index in [-0.39, 0.29) is 18.0 Å². The Hall–Kier alpha value is -2.05. The van der Waals surface area contributed by atoms with E-state index in [2.05, 4.69) is 4.98 Å². The third kappa shape index (κ3) is 3.34. The average Bonchev–Trinajstić information content (AvgIpc) is 2.83. The summed E-state index contributed by atoms with van der Waals surface area (Å²) < 4.78 is 1.88. The van der Waals surface area contributed by atoms with E-state index < -0.39 is 5.97 Å². The van der Waals surface area contributed by atoms with Gasteiger partial charge < -0.3 is 19.5 Å². The number of aryl methyl sites for hydroxylation is 1. The molecule has 1 aromatic rings. The van der Waals surface area contributed by atoms with Crippen molar-refractivity contribution in [1.29, 1.82) is 0 Å². The largest absolute Gasteiger partial charge is 0.481 e. The van der Waals surface area contributed by atoms with E-state index in [4.69, 9.17) is 5.11 Å². The van der Waals surface area contributed by atoms with Gasteiger partial charge in [0.15, 0.2) is 0 Å². The number of amides is 2. The number of imidazole rings is 1. The highest BCUT2D eigenvalue weighted by Gasteiger charge is 2.33. The minimum Gasteiger partial charge on any atom is -0.481 e. The molecule has 116 valence electrons. The van der Waals surface area contributed by atoms with Gasteiger partial charge in [0.2, 0.25) is 0 Å².